The molecule has 0 fully saturated rings. The van der Waals surface area contributed by atoms with Gasteiger partial charge in [-0.25, -0.2) is 19.6 Å². The molecule has 0 saturated heterocycles. The zero-order chi connectivity index (χ0) is 14.1. The highest BCUT2D eigenvalue weighted by molar-refractivity contribution is 6.34. The second-order valence-corrected chi connectivity index (χ2v) is 4.63. The number of rotatable bonds is 2. The van der Waals surface area contributed by atoms with Crippen molar-refractivity contribution >= 4 is 34.7 Å². The molecule has 0 aliphatic rings. The maximum absolute atomic E-state index is 6.04. The molecule has 0 atom stereocenters. The summed E-state index contributed by atoms with van der Waals surface area (Å²) in [5.41, 5.74) is 8.20. The summed E-state index contributed by atoms with van der Waals surface area (Å²) in [7, 11) is 0. The van der Waals surface area contributed by atoms with Crippen molar-refractivity contribution in [2.45, 2.75) is 6.92 Å². The molecule has 0 amide bonds. The van der Waals surface area contributed by atoms with Gasteiger partial charge in [-0.3, -0.25) is 0 Å². The molecule has 20 heavy (non-hydrogen) atoms. The number of halogens is 1. The standard InChI is InChI=1S/C13H11ClN6/c1-8-6-20(13(15)19-8)18-5-9-2-3-11-10(4-9)12(14)17-7-16-11/h2-7H,1H3,(H2,15,19). The van der Waals surface area contributed by atoms with E-state index in [-0.39, 0.29) is 0 Å². The van der Waals surface area contributed by atoms with Crippen molar-refractivity contribution in [1.29, 1.82) is 0 Å². The van der Waals surface area contributed by atoms with E-state index in [4.69, 9.17) is 17.3 Å². The molecule has 3 rings (SSSR count). The third-order valence-electron chi connectivity index (χ3n) is 2.78. The first-order chi connectivity index (χ1) is 9.63. The van der Waals surface area contributed by atoms with Crippen molar-refractivity contribution in [2.75, 3.05) is 5.73 Å². The predicted molar refractivity (Wildman–Crippen MR) is 78.9 cm³/mol. The van der Waals surface area contributed by atoms with Crippen LogP contribution in [0.3, 0.4) is 0 Å². The summed E-state index contributed by atoms with van der Waals surface area (Å²) < 4.78 is 1.52. The van der Waals surface area contributed by atoms with Crippen LogP contribution in [0.5, 0.6) is 0 Å². The van der Waals surface area contributed by atoms with E-state index in [1.807, 2.05) is 25.1 Å². The number of fused-ring (bicyclic) bond motifs is 1. The molecule has 0 bridgehead atoms. The third-order valence-corrected chi connectivity index (χ3v) is 3.08. The molecule has 2 heterocycles. The number of nitrogens with zero attached hydrogens (tertiary/aromatic N) is 5. The Balaban J connectivity index is 1.99. The highest BCUT2D eigenvalue weighted by atomic mass is 35.5. The van der Waals surface area contributed by atoms with Crippen molar-refractivity contribution in [2.24, 2.45) is 5.10 Å². The molecular weight excluding hydrogens is 276 g/mol. The maximum atomic E-state index is 6.04. The van der Waals surface area contributed by atoms with Gasteiger partial charge >= 0.3 is 0 Å². The topological polar surface area (TPSA) is 82.0 Å². The predicted octanol–water partition coefficient (Wildman–Crippen LogP) is 2.25. The molecule has 0 saturated carbocycles. The summed E-state index contributed by atoms with van der Waals surface area (Å²) in [5, 5.41) is 5.46. The smallest absolute Gasteiger partial charge is 0.221 e. The van der Waals surface area contributed by atoms with Crippen LogP contribution in [0.25, 0.3) is 10.9 Å². The van der Waals surface area contributed by atoms with Crippen LogP contribution in [-0.2, 0) is 0 Å². The van der Waals surface area contributed by atoms with Gasteiger partial charge in [-0.15, -0.1) is 0 Å². The Labute approximate surface area is 119 Å². The minimum Gasteiger partial charge on any atom is -0.368 e. The first kappa shape index (κ1) is 12.6. The van der Waals surface area contributed by atoms with E-state index in [0.717, 1.165) is 22.2 Å². The van der Waals surface area contributed by atoms with Crippen LogP contribution in [0.4, 0.5) is 5.95 Å². The van der Waals surface area contributed by atoms with Gasteiger partial charge in [-0.05, 0) is 24.6 Å². The molecule has 0 spiro atoms. The van der Waals surface area contributed by atoms with Gasteiger partial charge in [-0.2, -0.15) is 5.10 Å². The van der Waals surface area contributed by atoms with Gasteiger partial charge in [0.2, 0.25) is 5.95 Å². The fraction of sp³-hybridized carbons (Fsp3) is 0.0769. The molecule has 0 aliphatic carbocycles. The van der Waals surface area contributed by atoms with Gasteiger partial charge in [-0.1, -0.05) is 17.7 Å². The monoisotopic (exact) mass is 286 g/mol. The summed E-state index contributed by atoms with van der Waals surface area (Å²) in [6, 6.07) is 5.64. The van der Waals surface area contributed by atoms with Crippen LogP contribution in [0.2, 0.25) is 5.15 Å². The first-order valence-corrected chi connectivity index (χ1v) is 6.27. The molecule has 2 aromatic heterocycles. The molecule has 100 valence electrons. The number of nitrogens with two attached hydrogens (primary N) is 1. The average molecular weight is 287 g/mol. The Hall–Kier alpha value is -2.47. The Kier molecular flexibility index (Phi) is 3.08. The SMILES string of the molecule is Cc1cn(N=Cc2ccc3ncnc(Cl)c3c2)c(N)n1. The van der Waals surface area contributed by atoms with Gasteiger partial charge in [0.05, 0.1) is 23.6 Å². The van der Waals surface area contributed by atoms with E-state index in [1.54, 1.807) is 12.4 Å². The van der Waals surface area contributed by atoms with E-state index in [2.05, 4.69) is 20.1 Å². The number of anilines is 1. The number of hydrogen-bond donors (Lipinski definition) is 1. The van der Waals surface area contributed by atoms with Crippen LogP contribution in [0.15, 0.2) is 35.8 Å². The van der Waals surface area contributed by atoms with Crippen LogP contribution < -0.4 is 5.73 Å². The maximum Gasteiger partial charge on any atom is 0.221 e. The van der Waals surface area contributed by atoms with E-state index in [9.17, 15) is 0 Å². The molecule has 1 aromatic carbocycles. The minimum atomic E-state index is 0.348. The number of benzene rings is 1. The highest BCUT2D eigenvalue weighted by Crippen LogP contribution is 2.19. The zero-order valence-corrected chi connectivity index (χ0v) is 11.4. The summed E-state index contributed by atoms with van der Waals surface area (Å²) in [6.45, 7) is 1.86. The third kappa shape index (κ3) is 2.33. The number of imidazole rings is 1. The lowest BCUT2D eigenvalue weighted by molar-refractivity contribution is 0.897. The molecule has 2 N–H and O–H groups in total. The van der Waals surface area contributed by atoms with Crippen LogP contribution in [-0.4, -0.2) is 25.8 Å². The highest BCUT2D eigenvalue weighted by Gasteiger charge is 2.02. The zero-order valence-electron chi connectivity index (χ0n) is 10.7. The van der Waals surface area contributed by atoms with Crippen molar-refractivity contribution in [3.8, 4) is 0 Å². The van der Waals surface area contributed by atoms with E-state index < -0.39 is 0 Å². The van der Waals surface area contributed by atoms with Crippen molar-refractivity contribution in [3.63, 3.8) is 0 Å². The van der Waals surface area contributed by atoms with Gasteiger partial charge in [0.15, 0.2) is 0 Å². The van der Waals surface area contributed by atoms with E-state index in [0.29, 0.717) is 11.1 Å². The second-order valence-electron chi connectivity index (χ2n) is 4.27. The lowest BCUT2D eigenvalue weighted by Crippen LogP contribution is -1.97. The average Bonchev–Trinajstić information content (AvgIpc) is 2.75. The largest absolute Gasteiger partial charge is 0.368 e. The molecule has 6 nitrogen and oxygen atoms in total. The quantitative estimate of drug-likeness (QED) is 0.578. The number of hydrogen-bond acceptors (Lipinski definition) is 5. The van der Waals surface area contributed by atoms with E-state index >= 15 is 0 Å². The Morgan fingerprint density at radius 3 is 2.95 bits per heavy atom. The Bertz CT molecular complexity index is 808. The molecule has 0 radical (unpaired) electrons. The van der Waals surface area contributed by atoms with Crippen molar-refractivity contribution in [3.05, 3.63) is 47.1 Å². The fourth-order valence-corrected chi connectivity index (χ4v) is 2.04. The lowest BCUT2D eigenvalue weighted by atomic mass is 10.2. The Morgan fingerprint density at radius 1 is 1.35 bits per heavy atom. The molecule has 7 heteroatoms. The first-order valence-electron chi connectivity index (χ1n) is 5.89. The van der Waals surface area contributed by atoms with Gasteiger partial charge in [0.1, 0.15) is 11.5 Å². The van der Waals surface area contributed by atoms with Crippen molar-refractivity contribution in [1.82, 2.24) is 19.6 Å². The minimum absolute atomic E-state index is 0.348. The summed E-state index contributed by atoms with van der Waals surface area (Å²) in [5.74, 6) is 0.348. The summed E-state index contributed by atoms with van der Waals surface area (Å²) >= 11 is 6.04. The molecular formula is C13H11ClN6. The van der Waals surface area contributed by atoms with Gasteiger partial charge in [0.25, 0.3) is 0 Å². The molecule has 3 aromatic rings. The van der Waals surface area contributed by atoms with Crippen LogP contribution in [0.1, 0.15) is 11.3 Å². The summed E-state index contributed by atoms with van der Waals surface area (Å²) in [4.78, 5) is 12.2. The van der Waals surface area contributed by atoms with E-state index in [1.165, 1.54) is 11.0 Å². The molecule has 0 aliphatic heterocycles. The number of aryl methyl sites for hydroxylation is 1. The van der Waals surface area contributed by atoms with Crippen molar-refractivity contribution < 1.29 is 0 Å². The van der Waals surface area contributed by atoms with Gasteiger partial charge < -0.3 is 5.73 Å². The lowest BCUT2D eigenvalue weighted by Gasteiger charge is -2.00. The number of aromatic nitrogens is 4. The number of nitrogen functional groups attached to an aromatic ring is 1. The van der Waals surface area contributed by atoms with Gasteiger partial charge in [0, 0.05) is 5.39 Å². The fourth-order valence-electron chi connectivity index (χ4n) is 1.85. The second kappa shape index (κ2) is 4.90. The van der Waals surface area contributed by atoms with Crippen LogP contribution in [0, 0.1) is 6.92 Å². The normalized spacial score (nSPS) is 11.5. The van der Waals surface area contributed by atoms with Crippen LogP contribution >= 0.6 is 11.6 Å². The molecule has 0 unspecified atom stereocenters. The Morgan fingerprint density at radius 2 is 2.20 bits per heavy atom. The summed E-state index contributed by atoms with van der Waals surface area (Å²) in [6.07, 6.45) is 4.87.